The van der Waals surface area contributed by atoms with E-state index in [1.54, 1.807) is 18.2 Å². The van der Waals surface area contributed by atoms with Gasteiger partial charge in [0.05, 0.1) is 21.5 Å². The highest BCUT2D eigenvalue weighted by molar-refractivity contribution is 7.18. The van der Waals surface area contributed by atoms with Crippen LogP contribution in [0.1, 0.15) is 49.7 Å². The Balaban J connectivity index is 1.54. The fourth-order valence-corrected chi connectivity index (χ4v) is 5.57. The molecule has 2 aliphatic rings. The Bertz CT molecular complexity index is 1180. The lowest BCUT2D eigenvalue weighted by atomic mass is 9.86. The van der Waals surface area contributed by atoms with Gasteiger partial charge >= 0.3 is 0 Å². The molecule has 1 atom stereocenters. The van der Waals surface area contributed by atoms with Crippen LogP contribution in [-0.2, 0) is 14.3 Å². The standard InChI is InChI=1S/C27H34ClFN4O4S/c1-27(2,3)16-33(17-5-4-6-17)21(14-30-26(36)22-9-10-23(28)38-22)25(35)31-20-8-7-18(13-19(20)29)32-11-12-37-15-24(32)34/h7-10,13,17,21H,4-6,11-12,14-16H2,1-3H3,(H,30,36)(H,31,35)/t21-/m0/s1. The van der Waals surface area contributed by atoms with Crippen LogP contribution < -0.4 is 15.5 Å². The molecule has 2 N–H and O–H groups in total. The van der Waals surface area contributed by atoms with Gasteiger partial charge in [-0.2, -0.15) is 0 Å². The lowest BCUT2D eigenvalue weighted by Gasteiger charge is -2.44. The fraction of sp³-hybridized carbons (Fsp3) is 0.519. The summed E-state index contributed by atoms with van der Waals surface area (Å²) in [5, 5.41) is 5.62. The number of nitrogens with one attached hydrogen (secondary N) is 2. The van der Waals surface area contributed by atoms with Crippen molar-refractivity contribution < 1.29 is 23.5 Å². The summed E-state index contributed by atoms with van der Waals surface area (Å²) < 4.78 is 20.8. The van der Waals surface area contributed by atoms with Gasteiger partial charge in [-0.05, 0) is 48.6 Å². The van der Waals surface area contributed by atoms with Gasteiger partial charge in [0.2, 0.25) is 5.91 Å². The van der Waals surface area contributed by atoms with Crippen LogP contribution in [0.2, 0.25) is 4.34 Å². The van der Waals surface area contributed by atoms with Crippen molar-refractivity contribution in [3.8, 4) is 0 Å². The summed E-state index contributed by atoms with van der Waals surface area (Å²) in [5.41, 5.74) is 0.331. The molecule has 206 valence electrons. The van der Waals surface area contributed by atoms with Crippen molar-refractivity contribution >= 4 is 52.0 Å². The van der Waals surface area contributed by atoms with Gasteiger partial charge in [-0.15, -0.1) is 11.3 Å². The molecule has 0 radical (unpaired) electrons. The number of hydrogen-bond acceptors (Lipinski definition) is 6. The number of carbonyl (C=O) groups excluding carboxylic acids is 3. The molecule has 1 saturated heterocycles. The van der Waals surface area contributed by atoms with Crippen molar-refractivity contribution in [2.24, 2.45) is 5.41 Å². The minimum absolute atomic E-state index is 0.0186. The minimum atomic E-state index is -0.709. The predicted octanol–water partition coefficient (Wildman–Crippen LogP) is 4.54. The smallest absolute Gasteiger partial charge is 0.261 e. The monoisotopic (exact) mass is 564 g/mol. The second-order valence-corrected chi connectivity index (χ2v) is 12.6. The molecule has 2 fully saturated rings. The van der Waals surface area contributed by atoms with E-state index in [0.29, 0.717) is 34.6 Å². The fourth-order valence-electron chi connectivity index (χ4n) is 4.61. The SMILES string of the molecule is CC(C)(C)CN(C1CCC1)[C@@H](CNC(=O)c1ccc(Cl)s1)C(=O)Nc1ccc(N2CCOCC2=O)cc1F. The van der Waals surface area contributed by atoms with Gasteiger partial charge in [0.1, 0.15) is 18.5 Å². The topological polar surface area (TPSA) is 91.0 Å². The van der Waals surface area contributed by atoms with E-state index in [0.717, 1.165) is 19.3 Å². The van der Waals surface area contributed by atoms with E-state index in [1.807, 2.05) is 0 Å². The molecular weight excluding hydrogens is 531 g/mol. The van der Waals surface area contributed by atoms with E-state index >= 15 is 4.39 Å². The van der Waals surface area contributed by atoms with E-state index in [1.165, 1.54) is 28.4 Å². The molecule has 0 unspecified atom stereocenters. The van der Waals surface area contributed by atoms with Crippen LogP contribution in [0.25, 0.3) is 0 Å². The molecule has 2 aromatic rings. The second kappa shape index (κ2) is 12.1. The number of rotatable bonds is 9. The third kappa shape index (κ3) is 7.11. The summed E-state index contributed by atoms with van der Waals surface area (Å²) in [4.78, 5) is 42.6. The highest BCUT2D eigenvalue weighted by atomic mass is 35.5. The molecule has 0 bridgehead atoms. The van der Waals surface area contributed by atoms with Gasteiger partial charge in [0.15, 0.2) is 0 Å². The summed E-state index contributed by atoms with van der Waals surface area (Å²) in [7, 11) is 0. The number of amides is 3. The Hall–Kier alpha value is -2.53. The van der Waals surface area contributed by atoms with Crippen molar-refractivity contribution in [3.05, 3.63) is 45.4 Å². The molecule has 4 rings (SSSR count). The highest BCUT2D eigenvalue weighted by Gasteiger charge is 2.37. The van der Waals surface area contributed by atoms with Gasteiger partial charge in [-0.25, -0.2) is 4.39 Å². The predicted molar refractivity (Wildman–Crippen MR) is 147 cm³/mol. The lowest BCUT2D eigenvalue weighted by Crippen LogP contribution is -2.58. The lowest BCUT2D eigenvalue weighted by molar-refractivity contribution is -0.126. The van der Waals surface area contributed by atoms with E-state index in [2.05, 4.69) is 36.3 Å². The molecule has 1 aromatic carbocycles. The molecule has 3 amide bonds. The van der Waals surface area contributed by atoms with Crippen LogP contribution in [0.3, 0.4) is 0 Å². The zero-order valence-corrected chi connectivity index (χ0v) is 23.5. The number of morpholine rings is 1. The Morgan fingerprint density at radius 3 is 2.61 bits per heavy atom. The number of benzene rings is 1. The molecule has 38 heavy (non-hydrogen) atoms. The van der Waals surface area contributed by atoms with Crippen molar-refractivity contribution in [3.63, 3.8) is 0 Å². The van der Waals surface area contributed by atoms with Crippen molar-refractivity contribution in [2.75, 3.05) is 43.1 Å². The summed E-state index contributed by atoms with van der Waals surface area (Å²) in [6.07, 6.45) is 3.01. The summed E-state index contributed by atoms with van der Waals surface area (Å²) in [6.45, 7) is 7.68. The van der Waals surface area contributed by atoms with Crippen LogP contribution in [0.4, 0.5) is 15.8 Å². The average molecular weight is 565 g/mol. The second-order valence-electron chi connectivity index (χ2n) is 10.9. The first kappa shape index (κ1) is 28.5. The first-order valence-corrected chi connectivity index (χ1v) is 14.0. The molecule has 11 heteroatoms. The van der Waals surface area contributed by atoms with Crippen LogP contribution >= 0.6 is 22.9 Å². The minimum Gasteiger partial charge on any atom is -0.370 e. The third-order valence-electron chi connectivity index (χ3n) is 6.66. The Labute approximate surface area is 231 Å². The maximum atomic E-state index is 15.1. The molecular formula is C27H34ClFN4O4S. The van der Waals surface area contributed by atoms with E-state index in [-0.39, 0.29) is 42.1 Å². The van der Waals surface area contributed by atoms with Gasteiger partial charge in [0, 0.05) is 31.4 Å². The molecule has 0 spiro atoms. The summed E-state index contributed by atoms with van der Waals surface area (Å²) >= 11 is 7.15. The summed E-state index contributed by atoms with van der Waals surface area (Å²) in [5.74, 6) is -1.60. The van der Waals surface area contributed by atoms with Crippen molar-refractivity contribution in [2.45, 2.75) is 52.1 Å². The number of anilines is 2. The van der Waals surface area contributed by atoms with Gasteiger partial charge in [-0.1, -0.05) is 38.8 Å². The first-order chi connectivity index (χ1) is 18.0. The van der Waals surface area contributed by atoms with Gasteiger partial charge < -0.3 is 20.3 Å². The molecule has 1 aliphatic heterocycles. The van der Waals surface area contributed by atoms with E-state index in [9.17, 15) is 14.4 Å². The van der Waals surface area contributed by atoms with Crippen LogP contribution in [0, 0.1) is 11.2 Å². The van der Waals surface area contributed by atoms with Gasteiger partial charge in [0.25, 0.3) is 11.8 Å². The molecule has 1 aliphatic carbocycles. The van der Waals surface area contributed by atoms with Crippen LogP contribution in [-0.4, -0.2) is 67.6 Å². The number of ether oxygens (including phenoxy) is 1. The molecule has 1 saturated carbocycles. The zero-order chi connectivity index (χ0) is 27.4. The maximum Gasteiger partial charge on any atom is 0.261 e. The van der Waals surface area contributed by atoms with Crippen molar-refractivity contribution in [1.82, 2.24) is 10.2 Å². The normalized spacial score (nSPS) is 17.3. The Morgan fingerprint density at radius 2 is 2.03 bits per heavy atom. The average Bonchev–Trinajstić information content (AvgIpc) is 3.25. The van der Waals surface area contributed by atoms with Crippen molar-refractivity contribution in [1.29, 1.82) is 0 Å². The van der Waals surface area contributed by atoms with Crippen LogP contribution in [0.15, 0.2) is 30.3 Å². The first-order valence-electron chi connectivity index (χ1n) is 12.8. The molecule has 2 heterocycles. The van der Waals surface area contributed by atoms with Crippen LogP contribution in [0.5, 0.6) is 0 Å². The quantitative estimate of drug-likeness (QED) is 0.467. The summed E-state index contributed by atoms with van der Waals surface area (Å²) in [6, 6.07) is 7.12. The Kier molecular flexibility index (Phi) is 9.07. The number of nitrogens with zero attached hydrogens (tertiary/aromatic N) is 2. The molecule has 8 nitrogen and oxygen atoms in total. The largest absolute Gasteiger partial charge is 0.370 e. The van der Waals surface area contributed by atoms with Gasteiger partial charge in [-0.3, -0.25) is 19.3 Å². The third-order valence-corrected chi connectivity index (χ3v) is 7.89. The number of carbonyl (C=O) groups is 3. The number of halogens is 2. The molecule has 1 aromatic heterocycles. The van der Waals surface area contributed by atoms with E-state index < -0.39 is 17.8 Å². The number of thiophene rings is 1. The zero-order valence-electron chi connectivity index (χ0n) is 21.9. The van der Waals surface area contributed by atoms with E-state index in [4.69, 9.17) is 16.3 Å². The Morgan fingerprint density at radius 1 is 1.26 bits per heavy atom. The highest BCUT2D eigenvalue weighted by Crippen LogP contribution is 2.31. The maximum absolute atomic E-state index is 15.1. The number of hydrogen-bond donors (Lipinski definition) is 2.